The zero-order chi connectivity index (χ0) is 13.8. The van der Waals surface area contributed by atoms with Gasteiger partial charge in [0.05, 0.1) is 13.7 Å². The summed E-state index contributed by atoms with van der Waals surface area (Å²) in [7, 11) is 1.26. The van der Waals surface area contributed by atoms with Crippen LogP contribution in [0.15, 0.2) is 22.7 Å². The van der Waals surface area contributed by atoms with E-state index in [1.807, 2.05) is 25.1 Å². The maximum Gasteiger partial charge on any atom is 0.339 e. The normalized spacial score (nSPS) is 13.8. The van der Waals surface area contributed by atoms with Crippen molar-refractivity contribution >= 4 is 27.6 Å². The molecule has 1 aromatic rings. The Hall–Kier alpha value is -1.07. The largest absolute Gasteiger partial charge is 0.467 e. The van der Waals surface area contributed by atoms with Crippen molar-refractivity contribution in [3.05, 3.63) is 28.2 Å². The van der Waals surface area contributed by atoms with Gasteiger partial charge < -0.3 is 15.2 Å². The molecular weight excluding hydrogens is 298 g/mol. The number of carbonyl (C=O) groups is 1. The molecule has 2 N–H and O–H groups in total. The van der Waals surface area contributed by atoms with Crippen LogP contribution in [-0.2, 0) is 16.0 Å². The lowest BCUT2D eigenvalue weighted by atomic mass is 10.1. The summed E-state index contributed by atoms with van der Waals surface area (Å²) in [6.07, 6.45) is 0.863. The molecule has 0 amide bonds. The van der Waals surface area contributed by atoms with Crippen molar-refractivity contribution in [2.24, 2.45) is 0 Å². The molecule has 0 aliphatic rings. The van der Waals surface area contributed by atoms with Crippen LogP contribution in [0.4, 0.5) is 5.69 Å². The van der Waals surface area contributed by atoms with E-state index in [-0.39, 0.29) is 6.54 Å². The first-order valence-electron chi connectivity index (χ1n) is 5.73. The lowest BCUT2D eigenvalue weighted by Crippen LogP contribution is -2.42. The Morgan fingerprint density at radius 3 is 2.78 bits per heavy atom. The summed E-state index contributed by atoms with van der Waals surface area (Å²) < 4.78 is 5.55. The van der Waals surface area contributed by atoms with Crippen LogP contribution in [0.1, 0.15) is 19.4 Å². The van der Waals surface area contributed by atoms with Crippen molar-refractivity contribution in [1.29, 1.82) is 0 Å². The van der Waals surface area contributed by atoms with Crippen molar-refractivity contribution in [3.63, 3.8) is 0 Å². The molecule has 4 nitrogen and oxygen atoms in total. The summed E-state index contributed by atoms with van der Waals surface area (Å²) in [5.74, 6) is -0.648. The molecule has 0 heterocycles. The number of anilines is 1. The second kappa shape index (κ2) is 6.20. The predicted molar refractivity (Wildman–Crippen MR) is 74.6 cm³/mol. The van der Waals surface area contributed by atoms with E-state index in [4.69, 9.17) is 0 Å². The van der Waals surface area contributed by atoms with Gasteiger partial charge in [-0.25, -0.2) is 4.79 Å². The summed E-state index contributed by atoms with van der Waals surface area (Å²) in [5.41, 5.74) is 0.488. The van der Waals surface area contributed by atoms with E-state index in [2.05, 4.69) is 26.0 Å². The molecule has 0 bridgehead atoms. The van der Waals surface area contributed by atoms with Crippen LogP contribution >= 0.6 is 15.9 Å². The highest BCUT2D eigenvalue weighted by Gasteiger charge is 2.31. The molecular formula is C13H18BrNO3. The fourth-order valence-electron chi connectivity index (χ4n) is 1.59. The summed E-state index contributed by atoms with van der Waals surface area (Å²) in [6, 6.07) is 5.83. The summed E-state index contributed by atoms with van der Waals surface area (Å²) >= 11 is 3.41. The number of rotatable bonds is 5. The minimum absolute atomic E-state index is 0.105. The molecule has 0 saturated heterocycles. The minimum Gasteiger partial charge on any atom is -0.467 e. The summed E-state index contributed by atoms with van der Waals surface area (Å²) in [6.45, 7) is 3.58. The average molecular weight is 316 g/mol. The van der Waals surface area contributed by atoms with E-state index in [1.54, 1.807) is 0 Å². The third-order valence-electron chi connectivity index (χ3n) is 2.70. The fraction of sp³-hybridized carbons (Fsp3) is 0.462. The Bertz CT molecular complexity index is 432. The number of aryl methyl sites for hydroxylation is 1. The van der Waals surface area contributed by atoms with Crippen LogP contribution in [0, 0.1) is 0 Å². The number of hydrogen-bond acceptors (Lipinski definition) is 4. The first-order chi connectivity index (χ1) is 8.40. The van der Waals surface area contributed by atoms with Gasteiger partial charge in [0.25, 0.3) is 0 Å². The molecule has 0 radical (unpaired) electrons. The Balaban J connectivity index is 2.77. The molecule has 1 rings (SSSR count). The third-order valence-corrected chi connectivity index (χ3v) is 3.19. The molecule has 0 aliphatic carbocycles. The van der Waals surface area contributed by atoms with Gasteiger partial charge in [-0.1, -0.05) is 22.9 Å². The van der Waals surface area contributed by atoms with E-state index in [0.717, 1.165) is 22.1 Å². The van der Waals surface area contributed by atoms with E-state index in [0.29, 0.717) is 0 Å². The monoisotopic (exact) mass is 315 g/mol. The Morgan fingerprint density at radius 2 is 2.22 bits per heavy atom. The molecule has 100 valence electrons. The topological polar surface area (TPSA) is 58.6 Å². The highest BCUT2D eigenvalue weighted by Crippen LogP contribution is 2.22. The van der Waals surface area contributed by atoms with E-state index in [1.165, 1.54) is 14.0 Å². The first-order valence-corrected chi connectivity index (χ1v) is 6.53. The quantitative estimate of drug-likeness (QED) is 0.819. The number of ether oxygens (including phenoxy) is 1. The van der Waals surface area contributed by atoms with Gasteiger partial charge in [-0.3, -0.25) is 0 Å². The lowest BCUT2D eigenvalue weighted by Gasteiger charge is -2.22. The van der Waals surface area contributed by atoms with Crippen molar-refractivity contribution in [2.75, 3.05) is 19.0 Å². The highest BCUT2D eigenvalue weighted by atomic mass is 79.9. The van der Waals surface area contributed by atoms with E-state index < -0.39 is 11.6 Å². The summed E-state index contributed by atoms with van der Waals surface area (Å²) in [4.78, 5) is 11.3. The number of aliphatic hydroxyl groups is 1. The number of esters is 1. The number of benzene rings is 1. The third kappa shape index (κ3) is 3.71. The zero-order valence-corrected chi connectivity index (χ0v) is 12.4. The van der Waals surface area contributed by atoms with Crippen molar-refractivity contribution in [3.8, 4) is 0 Å². The van der Waals surface area contributed by atoms with Gasteiger partial charge in [-0.15, -0.1) is 0 Å². The fourth-order valence-corrected chi connectivity index (χ4v) is 2.00. The van der Waals surface area contributed by atoms with Crippen LogP contribution in [-0.4, -0.2) is 30.3 Å². The van der Waals surface area contributed by atoms with E-state index >= 15 is 0 Å². The standard InChI is InChI=1S/C13H18BrNO3/c1-4-9-7-10(14)5-6-11(9)15-8-13(2,17)12(16)18-3/h5-7,15,17H,4,8H2,1-3H3. The van der Waals surface area contributed by atoms with Crippen molar-refractivity contribution in [2.45, 2.75) is 25.9 Å². The van der Waals surface area contributed by atoms with Gasteiger partial charge >= 0.3 is 5.97 Å². The van der Waals surface area contributed by atoms with Gasteiger partial charge in [-0.2, -0.15) is 0 Å². The molecule has 0 aliphatic heterocycles. The highest BCUT2D eigenvalue weighted by molar-refractivity contribution is 9.10. The minimum atomic E-state index is -1.53. The van der Waals surface area contributed by atoms with Gasteiger partial charge in [0.15, 0.2) is 5.60 Å². The molecule has 18 heavy (non-hydrogen) atoms. The number of methoxy groups -OCH3 is 1. The molecule has 1 unspecified atom stereocenters. The van der Waals surface area contributed by atoms with Crippen LogP contribution < -0.4 is 5.32 Å². The maximum atomic E-state index is 11.3. The van der Waals surface area contributed by atoms with Gasteiger partial charge in [-0.05, 0) is 37.1 Å². The van der Waals surface area contributed by atoms with Crippen LogP contribution in [0.2, 0.25) is 0 Å². The van der Waals surface area contributed by atoms with Crippen molar-refractivity contribution in [1.82, 2.24) is 0 Å². The molecule has 5 heteroatoms. The molecule has 0 aromatic heterocycles. The zero-order valence-electron chi connectivity index (χ0n) is 10.8. The van der Waals surface area contributed by atoms with Crippen LogP contribution in [0.25, 0.3) is 0 Å². The van der Waals surface area contributed by atoms with Crippen LogP contribution in [0.5, 0.6) is 0 Å². The predicted octanol–water partition coefficient (Wildman–Crippen LogP) is 2.35. The molecule has 0 fully saturated rings. The number of hydrogen-bond donors (Lipinski definition) is 2. The first kappa shape index (κ1) is 15.0. The maximum absolute atomic E-state index is 11.3. The number of carbonyl (C=O) groups excluding carboxylic acids is 1. The summed E-state index contributed by atoms with van der Waals surface area (Å²) in [5, 5.41) is 13.0. The average Bonchev–Trinajstić information content (AvgIpc) is 2.36. The molecule has 1 aromatic carbocycles. The molecule has 0 spiro atoms. The van der Waals surface area contributed by atoms with Gasteiger partial charge in [0.1, 0.15) is 0 Å². The number of nitrogens with one attached hydrogen (secondary N) is 1. The van der Waals surface area contributed by atoms with Gasteiger partial charge in [0.2, 0.25) is 0 Å². The number of halogens is 1. The van der Waals surface area contributed by atoms with Crippen LogP contribution in [0.3, 0.4) is 0 Å². The Morgan fingerprint density at radius 1 is 1.56 bits per heavy atom. The van der Waals surface area contributed by atoms with E-state index in [9.17, 15) is 9.90 Å². The Kier molecular flexibility index (Phi) is 5.16. The second-order valence-electron chi connectivity index (χ2n) is 4.27. The second-order valence-corrected chi connectivity index (χ2v) is 5.19. The molecule has 0 saturated carbocycles. The molecule has 1 atom stereocenters. The SMILES string of the molecule is CCc1cc(Br)ccc1NCC(C)(O)C(=O)OC. The Labute approximate surface area is 115 Å². The smallest absolute Gasteiger partial charge is 0.339 e. The van der Waals surface area contributed by atoms with Gasteiger partial charge in [0, 0.05) is 10.2 Å². The van der Waals surface area contributed by atoms with Crippen molar-refractivity contribution < 1.29 is 14.6 Å². The lowest BCUT2D eigenvalue weighted by molar-refractivity contribution is -0.158.